The Morgan fingerprint density at radius 2 is 2.00 bits per heavy atom. The molecule has 0 radical (unpaired) electrons. The maximum Gasteiger partial charge on any atom is 0.191 e. The highest BCUT2D eigenvalue weighted by molar-refractivity contribution is 6.31. The third kappa shape index (κ3) is 6.06. The summed E-state index contributed by atoms with van der Waals surface area (Å²) in [5, 5.41) is 7.29. The van der Waals surface area contributed by atoms with Gasteiger partial charge >= 0.3 is 0 Å². The van der Waals surface area contributed by atoms with E-state index in [2.05, 4.69) is 40.5 Å². The minimum Gasteiger partial charge on any atom is -0.383 e. The molecule has 0 bridgehead atoms. The van der Waals surface area contributed by atoms with Gasteiger partial charge < -0.3 is 25.2 Å². The van der Waals surface area contributed by atoms with Crippen LogP contribution in [0.1, 0.15) is 12.5 Å². The van der Waals surface area contributed by atoms with Gasteiger partial charge in [0.25, 0.3) is 0 Å². The molecule has 1 saturated heterocycles. The van der Waals surface area contributed by atoms with Crippen molar-refractivity contribution in [3.63, 3.8) is 0 Å². The highest BCUT2D eigenvalue weighted by Gasteiger charge is 2.18. The van der Waals surface area contributed by atoms with E-state index in [0.717, 1.165) is 55.8 Å². The number of aliphatic imine (C=N–C) groups is 1. The molecule has 2 rings (SSSR count). The zero-order chi connectivity index (χ0) is 18.1. The van der Waals surface area contributed by atoms with Crippen molar-refractivity contribution in [3.8, 4) is 0 Å². The van der Waals surface area contributed by atoms with Crippen LogP contribution in [0.15, 0.2) is 23.2 Å². The van der Waals surface area contributed by atoms with Gasteiger partial charge in [-0.3, -0.25) is 0 Å². The van der Waals surface area contributed by atoms with Crippen LogP contribution in [0.2, 0.25) is 5.02 Å². The van der Waals surface area contributed by atoms with Gasteiger partial charge in [-0.2, -0.15) is 0 Å². The number of piperazine rings is 1. The van der Waals surface area contributed by atoms with Gasteiger partial charge in [0.1, 0.15) is 0 Å². The summed E-state index contributed by atoms with van der Waals surface area (Å²) in [6.45, 7) is 8.93. The van der Waals surface area contributed by atoms with Crippen LogP contribution in [0.3, 0.4) is 0 Å². The molecule has 0 unspecified atom stereocenters. The maximum absolute atomic E-state index is 6.50. The lowest BCUT2D eigenvalue weighted by Gasteiger charge is -2.35. The normalized spacial score (nSPS) is 16.2. The molecule has 6 nitrogen and oxygen atoms in total. The number of anilines is 1. The lowest BCUT2D eigenvalue weighted by molar-refractivity contribution is 0.203. The SMILES string of the molecule is CCNC(=NCc1c(Cl)cccc1N1CCN(C)CC1)NCCOC. The largest absolute Gasteiger partial charge is 0.383 e. The van der Waals surface area contributed by atoms with Crippen molar-refractivity contribution in [1.82, 2.24) is 15.5 Å². The van der Waals surface area contributed by atoms with Crippen molar-refractivity contribution >= 4 is 23.2 Å². The Hall–Kier alpha value is -1.50. The molecule has 1 heterocycles. The van der Waals surface area contributed by atoms with E-state index in [1.807, 2.05) is 12.1 Å². The van der Waals surface area contributed by atoms with Crippen LogP contribution in [0.4, 0.5) is 5.69 Å². The van der Waals surface area contributed by atoms with Crippen LogP contribution in [0, 0.1) is 0 Å². The molecule has 0 saturated carbocycles. The van der Waals surface area contributed by atoms with Crippen LogP contribution < -0.4 is 15.5 Å². The minimum atomic E-state index is 0.545. The van der Waals surface area contributed by atoms with Crippen LogP contribution in [-0.4, -0.2) is 70.9 Å². The van der Waals surface area contributed by atoms with Gasteiger partial charge in [-0.25, -0.2) is 4.99 Å². The summed E-state index contributed by atoms with van der Waals surface area (Å²) >= 11 is 6.50. The van der Waals surface area contributed by atoms with E-state index in [4.69, 9.17) is 21.3 Å². The number of methoxy groups -OCH3 is 1. The first-order chi connectivity index (χ1) is 12.2. The molecule has 2 N–H and O–H groups in total. The maximum atomic E-state index is 6.50. The summed E-state index contributed by atoms with van der Waals surface area (Å²) in [7, 11) is 3.85. The number of likely N-dealkylation sites (N-methyl/N-ethyl adjacent to an activating group) is 1. The third-order valence-electron chi connectivity index (χ3n) is 4.28. The molecular weight excluding hydrogens is 338 g/mol. The molecule has 1 aliphatic heterocycles. The Balaban J connectivity index is 2.12. The van der Waals surface area contributed by atoms with Crippen LogP contribution in [0.5, 0.6) is 0 Å². The lowest BCUT2D eigenvalue weighted by Crippen LogP contribution is -2.44. The zero-order valence-corrected chi connectivity index (χ0v) is 16.3. The molecule has 1 aromatic carbocycles. The van der Waals surface area contributed by atoms with Gasteiger partial charge in [-0.1, -0.05) is 17.7 Å². The molecule has 1 aliphatic rings. The first-order valence-corrected chi connectivity index (χ1v) is 9.25. The van der Waals surface area contributed by atoms with E-state index < -0.39 is 0 Å². The van der Waals surface area contributed by atoms with Crippen molar-refractivity contribution in [2.45, 2.75) is 13.5 Å². The molecule has 0 amide bonds. The van der Waals surface area contributed by atoms with E-state index in [1.54, 1.807) is 7.11 Å². The average molecular weight is 368 g/mol. The number of halogens is 1. The second-order valence-electron chi connectivity index (χ2n) is 6.14. The summed E-state index contributed by atoms with van der Waals surface area (Å²) in [4.78, 5) is 9.46. The number of guanidine groups is 1. The molecule has 25 heavy (non-hydrogen) atoms. The van der Waals surface area contributed by atoms with E-state index in [0.29, 0.717) is 13.2 Å². The average Bonchev–Trinajstić information content (AvgIpc) is 2.61. The van der Waals surface area contributed by atoms with E-state index >= 15 is 0 Å². The standard InChI is InChI=1S/C18H30ClN5O/c1-4-20-18(21-8-13-25-3)22-14-15-16(19)6-5-7-17(15)24-11-9-23(2)10-12-24/h5-7H,4,8-14H2,1-3H3,(H2,20,21,22). The summed E-state index contributed by atoms with van der Waals surface area (Å²) in [6, 6.07) is 6.11. The third-order valence-corrected chi connectivity index (χ3v) is 4.63. The van der Waals surface area contributed by atoms with Crippen LogP contribution in [-0.2, 0) is 11.3 Å². The molecule has 0 spiro atoms. The fourth-order valence-electron chi connectivity index (χ4n) is 2.82. The van der Waals surface area contributed by atoms with Gasteiger partial charge in [0.2, 0.25) is 0 Å². The van der Waals surface area contributed by atoms with Crippen molar-refractivity contribution in [2.24, 2.45) is 4.99 Å². The highest BCUT2D eigenvalue weighted by atomic mass is 35.5. The Labute approximate surface area is 156 Å². The summed E-state index contributed by atoms with van der Waals surface area (Å²) in [6.07, 6.45) is 0. The predicted octanol–water partition coefficient (Wildman–Crippen LogP) is 1.79. The number of hydrogen-bond acceptors (Lipinski definition) is 4. The summed E-state index contributed by atoms with van der Waals surface area (Å²) < 4.78 is 5.08. The lowest BCUT2D eigenvalue weighted by atomic mass is 10.1. The van der Waals surface area contributed by atoms with E-state index in [1.165, 1.54) is 5.69 Å². The number of ether oxygens (including phenoxy) is 1. The van der Waals surface area contributed by atoms with Gasteiger partial charge in [0.15, 0.2) is 5.96 Å². The Kier molecular flexibility index (Phi) is 8.31. The van der Waals surface area contributed by atoms with Gasteiger partial charge in [-0.15, -0.1) is 0 Å². The van der Waals surface area contributed by atoms with Gasteiger partial charge in [-0.05, 0) is 26.1 Å². The second-order valence-corrected chi connectivity index (χ2v) is 6.55. The van der Waals surface area contributed by atoms with Crippen molar-refractivity contribution < 1.29 is 4.74 Å². The number of nitrogens with zero attached hydrogens (tertiary/aromatic N) is 3. The van der Waals surface area contributed by atoms with Crippen molar-refractivity contribution in [2.75, 3.05) is 64.9 Å². The fourth-order valence-corrected chi connectivity index (χ4v) is 3.05. The molecule has 1 fully saturated rings. The molecule has 140 valence electrons. The monoisotopic (exact) mass is 367 g/mol. The smallest absolute Gasteiger partial charge is 0.191 e. The predicted molar refractivity (Wildman–Crippen MR) is 106 cm³/mol. The number of hydrogen-bond donors (Lipinski definition) is 2. The van der Waals surface area contributed by atoms with Crippen LogP contribution in [0.25, 0.3) is 0 Å². The molecule has 1 aromatic rings. The highest BCUT2D eigenvalue weighted by Crippen LogP contribution is 2.29. The van der Waals surface area contributed by atoms with Crippen LogP contribution >= 0.6 is 11.6 Å². The van der Waals surface area contributed by atoms with Crippen molar-refractivity contribution in [3.05, 3.63) is 28.8 Å². The first kappa shape index (κ1) is 19.8. The minimum absolute atomic E-state index is 0.545. The first-order valence-electron chi connectivity index (χ1n) is 8.87. The molecule has 7 heteroatoms. The van der Waals surface area contributed by atoms with E-state index in [9.17, 15) is 0 Å². The number of nitrogens with one attached hydrogen (secondary N) is 2. The summed E-state index contributed by atoms with van der Waals surface area (Å²) in [5.74, 6) is 0.781. The van der Waals surface area contributed by atoms with Crippen molar-refractivity contribution in [1.29, 1.82) is 0 Å². The van der Waals surface area contributed by atoms with Gasteiger partial charge in [0.05, 0.1) is 13.2 Å². The molecule has 0 aliphatic carbocycles. The number of benzene rings is 1. The number of rotatable bonds is 7. The Morgan fingerprint density at radius 1 is 1.24 bits per heavy atom. The van der Waals surface area contributed by atoms with E-state index in [-0.39, 0.29) is 0 Å². The Bertz CT molecular complexity index is 558. The fraction of sp³-hybridized carbons (Fsp3) is 0.611. The zero-order valence-electron chi connectivity index (χ0n) is 15.5. The summed E-state index contributed by atoms with van der Waals surface area (Å²) in [5.41, 5.74) is 2.27. The molecular formula is C18H30ClN5O. The molecule has 0 aromatic heterocycles. The quantitative estimate of drug-likeness (QED) is 0.437. The molecule has 0 atom stereocenters. The van der Waals surface area contributed by atoms with Gasteiger partial charge in [0, 0.05) is 62.7 Å². The Morgan fingerprint density at radius 3 is 2.68 bits per heavy atom. The topological polar surface area (TPSA) is 52.1 Å². The second kappa shape index (κ2) is 10.5.